The predicted molar refractivity (Wildman–Crippen MR) is 70.5 cm³/mol. The lowest BCUT2D eigenvalue weighted by atomic mass is 10.0. The molecule has 0 spiro atoms. The molecule has 2 heterocycles. The lowest BCUT2D eigenvalue weighted by Gasteiger charge is -2.32. The summed E-state index contributed by atoms with van der Waals surface area (Å²) in [4.78, 5) is 5.95. The average Bonchev–Trinajstić information content (AvgIpc) is 2.62. The quantitative estimate of drug-likeness (QED) is 0.705. The maximum atomic E-state index is 6.20. The van der Waals surface area contributed by atoms with Gasteiger partial charge in [0.15, 0.2) is 0 Å². The van der Waals surface area contributed by atoms with Crippen LogP contribution >= 0.6 is 11.6 Å². The molecule has 0 saturated carbocycles. The summed E-state index contributed by atoms with van der Waals surface area (Å²) >= 11 is 6.20. The van der Waals surface area contributed by atoms with E-state index in [1.165, 1.54) is 5.56 Å². The van der Waals surface area contributed by atoms with Crippen LogP contribution in [0.5, 0.6) is 0 Å². The van der Waals surface area contributed by atoms with Crippen LogP contribution in [0.15, 0.2) is 24.3 Å². The fraction of sp³-hybridized carbons (Fsp3) is 0.429. The van der Waals surface area contributed by atoms with Gasteiger partial charge >= 0.3 is 0 Å². The Morgan fingerprint density at radius 3 is 3.00 bits per heavy atom. The molecule has 90 valence electrons. The van der Waals surface area contributed by atoms with Gasteiger partial charge < -0.3 is 0 Å². The Labute approximate surface area is 107 Å². The Morgan fingerprint density at radius 1 is 1.53 bits per heavy atom. The van der Waals surface area contributed by atoms with Crippen LogP contribution in [0.25, 0.3) is 0 Å². The number of halogens is 1. The molecule has 3 heteroatoms. The molecule has 2 nitrogen and oxygen atoms in total. The maximum Gasteiger partial charge on any atom is 0.0921 e. The van der Waals surface area contributed by atoms with Crippen molar-refractivity contribution < 1.29 is 4.84 Å². The third kappa shape index (κ3) is 1.59. The number of anilines is 1. The summed E-state index contributed by atoms with van der Waals surface area (Å²) in [5.74, 6) is 0. The van der Waals surface area contributed by atoms with Crippen molar-refractivity contribution >= 4 is 17.3 Å². The number of hydrogen-bond acceptors (Lipinski definition) is 2. The van der Waals surface area contributed by atoms with Crippen LogP contribution in [0.3, 0.4) is 0 Å². The molecule has 17 heavy (non-hydrogen) atoms. The van der Waals surface area contributed by atoms with Gasteiger partial charge in [-0.1, -0.05) is 29.8 Å². The van der Waals surface area contributed by atoms with Crippen LogP contribution in [-0.2, 0) is 11.3 Å². The predicted octanol–water partition coefficient (Wildman–Crippen LogP) is 3.66. The van der Waals surface area contributed by atoms with Gasteiger partial charge in [0.05, 0.1) is 17.8 Å². The second-order valence-corrected chi connectivity index (χ2v) is 5.44. The molecule has 1 fully saturated rings. The van der Waals surface area contributed by atoms with E-state index in [1.807, 2.05) is 11.1 Å². The molecule has 3 rings (SSSR count). The van der Waals surface area contributed by atoms with Gasteiger partial charge in [0, 0.05) is 17.9 Å². The average molecular weight is 250 g/mol. The number of nitrogens with zero attached hydrogens (tertiary/aromatic N) is 1. The zero-order valence-corrected chi connectivity index (χ0v) is 10.9. The van der Waals surface area contributed by atoms with Crippen molar-refractivity contribution in [1.82, 2.24) is 0 Å². The Morgan fingerprint density at radius 2 is 2.29 bits per heavy atom. The summed E-state index contributed by atoms with van der Waals surface area (Å²) in [6, 6.07) is 4.39. The van der Waals surface area contributed by atoms with E-state index in [-0.39, 0.29) is 0 Å². The van der Waals surface area contributed by atoms with Crippen molar-refractivity contribution in [2.45, 2.75) is 38.8 Å². The summed E-state index contributed by atoms with van der Waals surface area (Å²) < 4.78 is 0. The van der Waals surface area contributed by atoms with E-state index in [0.29, 0.717) is 12.1 Å². The van der Waals surface area contributed by atoms with Crippen molar-refractivity contribution in [1.29, 1.82) is 0 Å². The summed E-state index contributed by atoms with van der Waals surface area (Å²) in [7, 11) is 0. The van der Waals surface area contributed by atoms with Crippen LogP contribution in [0.4, 0.5) is 5.69 Å². The van der Waals surface area contributed by atoms with Crippen LogP contribution in [0.2, 0.25) is 5.02 Å². The van der Waals surface area contributed by atoms with Gasteiger partial charge in [0.25, 0.3) is 0 Å². The molecule has 0 radical (unpaired) electrons. The van der Waals surface area contributed by atoms with E-state index in [0.717, 1.165) is 34.7 Å². The van der Waals surface area contributed by atoms with Gasteiger partial charge in [-0.05, 0) is 31.0 Å². The third-order valence-electron chi connectivity index (χ3n) is 3.72. The van der Waals surface area contributed by atoms with Crippen LogP contribution in [-0.4, -0.2) is 12.1 Å². The smallest absolute Gasteiger partial charge is 0.0921 e. The van der Waals surface area contributed by atoms with Gasteiger partial charge in [-0.3, -0.25) is 4.84 Å². The highest BCUT2D eigenvalue weighted by Crippen LogP contribution is 2.43. The molecule has 2 atom stereocenters. The summed E-state index contributed by atoms with van der Waals surface area (Å²) in [5, 5.41) is 2.82. The molecule has 2 aliphatic rings. The Bertz CT molecular complexity index is 497. The second-order valence-electron chi connectivity index (χ2n) is 5.04. The Balaban J connectivity index is 2.13. The van der Waals surface area contributed by atoms with Crippen LogP contribution < -0.4 is 5.06 Å². The molecular weight excluding hydrogens is 234 g/mol. The van der Waals surface area contributed by atoms with Crippen molar-refractivity contribution in [2.75, 3.05) is 5.06 Å². The number of fused-ring (bicyclic) bond motifs is 4. The topological polar surface area (TPSA) is 12.5 Å². The van der Waals surface area contributed by atoms with E-state index < -0.39 is 0 Å². The van der Waals surface area contributed by atoms with E-state index in [9.17, 15) is 0 Å². The van der Waals surface area contributed by atoms with E-state index in [2.05, 4.69) is 26.5 Å². The van der Waals surface area contributed by atoms with Crippen molar-refractivity contribution in [3.63, 3.8) is 0 Å². The molecule has 1 aromatic rings. The zero-order valence-electron chi connectivity index (χ0n) is 10.2. The standard InChI is InChI=1S/C14H16ClNO/c1-8(2)13-7-11-6-10-4-5-12(15)9(3)14(10)16(13)17-11/h4-5,11,13H,1,6-7H2,2-3H3/t11-,13-/m0/s1. The first kappa shape index (κ1) is 11.1. The highest BCUT2D eigenvalue weighted by molar-refractivity contribution is 6.31. The second kappa shape index (κ2) is 3.76. The monoisotopic (exact) mass is 249 g/mol. The summed E-state index contributed by atoms with van der Waals surface area (Å²) in [6.45, 7) is 8.19. The van der Waals surface area contributed by atoms with Gasteiger partial charge in [-0.15, -0.1) is 0 Å². The van der Waals surface area contributed by atoms with Gasteiger partial charge in [0.2, 0.25) is 0 Å². The molecule has 2 bridgehead atoms. The molecule has 1 saturated heterocycles. The molecule has 0 aliphatic carbocycles. The largest absolute Gasteiger partial charge is 0.269 e. The fourth-order valence-corrected chi connectivity index (χ4v) is 2.95. The zero-order chi connectivity index (χ0) is 12.2. The third-order valence-corrected chi connectivity index (χ3v) is 4.13. The number of hydroxylamine groups is 1. The highest BCUT2D eigenvalue weighted by atomic mass is 35.5. The summed E-state index contributed by atoms with van der Waals surface area (Å²) in [5.41, 5.74) is 4.75. The Kier molecular flexibility index (Phi) is 2.46. The van der Waals surface area contributed by atoms with E-state index in [4.69, 9.17) is 16.4 Å². The van der Waals surface area contributed by atoms with Gasteiger partial charge in [-0.25, -0.2) is 5.06 Å². The van der Waals surface area contributed by atoms with Crippen molar-refractivity contribution in [2.24, 2.45) is 0 Å². The minimum Gasteiger partial charge on any atom is -0.269 e. The van der Waals surface area contributed by atoms with Crippen LogP contribution in [0.1, 0.15) is 24.5 Å². The van der Waals surface area contributed by atoms with Gasteiger partial charge in [0.1, 0.15) is 0 Å². The number of hydrogen-bond donors (Lipinski definition) is 0. The molecule has 0 unspecified atom stereocenters. The molecule has 0 aromatic heterocycles. The molecule has 1 aromatic carbocycles. The van der Waals surface area contributed by atoms with Crippen molar-refractivity contribution in [3.05, 3.63) is 40.4 Å². The lowest BCUT2D eigenvalue weighted by molar-refractivity contribution is 0.0746. The van der Waals surface area contributed by atoms with Crippen LogP contribution in [0, 0.1) is 6.92 Å². The number of benzene rings is 1. The lowest BCUT2D eigenvalue weighted by Crippen LogP contribution is -2.32. The fourth-order valence-electron chi connectivity index (χ4n) is 2.80. The number of rotatable bonds is 1. The van der Waals surface area contributed by atoms with Crippen molar-refractivity contribution in [3.8, 4) is 0 Å². The maximum absolute atomic E-state index is 6.20. The molecule has 0 N–H and O–H groups in total. The first-order chi connectivity index (χ1) is 8.08. The minimum atomic E-state index is 0.290. The van der Waals surface area contributed by atoms with E-state index in [1.54, 1.807) is 0 Å². The Hall–Kier alpha value is -0.990. The van der Waals surface area contributed by atoms with Gasteiger partial charge in [-0.2, -0.15) is 0 Å². The highest BCUT2D eigenvalue weighted by Gasteiger charge is 2.40. The molecular formula is C14H16ClNO. The first-order valence-electron chi connectivity index (χ1n) is 5.97. The van der Waals surface area contributed by atoms with E-state index >= 15 is 0 Å². The normalized spacial score (nSPS) is 25.9. The first-order valence-corrected chi connectivity index (χ1v) is 6.35. The minimum absolute atomic E-state index is 0.290. The molecule has 0 amide bonds. The molecule has 2 aliphatic heterocycles. The summed E-state index contributed by atoms with van der Waals surface area (Å²) in [6.07, 6.45) is 2.30. The SMILES string of the molecule is C=C(C)[C@@H]1C[C@@H]2Cc3ccc(Cl)c(C)c3N1O2.